The Balaban J connectivity index is 2.33. The van der Waals surface area contributed by atoms with Crippen molar-refractivity contribution >= 4 is 27.5 Å². The zero-order chi connectivity index (χ0) is 23.7. The van der Waals surface area contributed by atoms with Gasteiger partial charge in [0.05, 0.1) is 11.9 Å². The number of carbonyl (C=O) groups is 2. The molecule has 1 atom stereocenters. The van der Waals surface area contributed by atoms with E-state index in [9.17, 15) is 18.0 Å². The summed E-state index contributed by atoms with van der Waals surface area (Å²) >= 11 is 0. The number of unbranched alkanes of at least 4 members (excludes halogenated alkanes) is 1. The number of sulfonamides is 1. The molecule has 0 bridgehead atoms. The van der Waals surface area contributed by atoms with E-state index in [0.29, 0.717) is 12.2 Å². The quantitative estimate of drug-likeness (QED) is 0.523. The summed E-state index contributed by atoms with van der Waals surface area (Å²) in [4.78, 5) is 27.6. The molecule has 2 rings (SSSR count). The van der Waals surface area contributed by atoms with E-state index in [1.807, 2.05) is 38.1 Å². The monoisotopic (exact) mass is 459 g/mol. The van der Waals surface area contributed by atoms with Gasteiger partial charge in [-0.1, -0.05) is 55.8 Å². The lowest BCUT2D eigenvalue weighted by atomic mass is 10.1. The van der Waals surface area contributed by atoms with Crippen molar-refractivity contribution in [1.29, 1.82) is 0 Å². The molecule has 0 saturated heterocycles. The maximum Gasteiger partial charge on any atom is 0.244 e. The molecule has 32 heavy (non-hydrogen) atoms. The molecule has 0 fully saturated rings. The number of hydrogen-bond acceptors (Lipinski definition) is 4. The van der Waals surface area contributed by atoms with Crippen LogP contribution in [0.15, 0.2) is 54.6 Å². The second-order valence-electron chi connectivity index (χ2n) is 7.87. The van der Waals surface area contributed by atoms with Gasteiger partial charge in [0, 0.05) is 13.1 Å². The highest BCUT2D eigenvalue weighted by Gasteiger charge is 2.30. The summed E-state index contributed by atoms with van der Waals surface area (Å²) in [6.45, 7) is 6.00. The van der Waals surface area contributed by atoms with Crippen molar-refractivity contribution in [3.63, 3.8) is 0 Å². The van der Waals surface area contributed by atoms with Gasteiger partial charge >= 0.3 is 0 Å². The van der Waals surface area contributed by atoms with Crippen LogP contribution in [-0.2, 0) is 26.2 Å². The number of aryl methyl sites for hydroxylation is 1. The zero-order valence-corrected chi connectivity index (χ0v) is 20.1. The largest absolute Gasteiger partial charge is 0.354 e. The van der Waals surface area contributed by atoms with Crippen LogP contribution < -0.4 is 9.62 Å². The first-order valence-electron chi connectivity index (χ1n) is 10.8. The number of benzene rings is 2. The van der Waals surface area contributed by atoms with Gasteiger partial charge in [-0.25, -0.2) is 8.42 Å². The lowest BCUT2D eigenvalue weighted by molar-refractivity contribution is -0.139. The first kappa shape index (κ1) is 25.4. The highest BCUT2D eigenvalue weighted by molar-refractivity contribution is 7.92. The Bertz CT molecular complexity index is 1010. The van der Waals surface area contributed by atoms with Gasteiger partial charge < -0.3 is 10.2 Å². The summed E-state index contributed by atoms with van der Waals surface area (Å²) in [5.74, 6) is -0.702. The number of hydrogen-bond donors (Lipinski definition) is 1. The molecule has 0 spiro atoms. The van der Waals surface area contributed by atoms with Crippen molar-refractivity contribution in [3.05, 3.63) is 65.7 Å². The van der Waals surface area contributed by atoms with Gasteiger partial charge in [-0.15, -0.1) is 0 Å². The molecule has 0 aliphatic carbocycles. The zero-order valence-electron chi connectivity index (χ0n) is 19.2. The topological polar surface area (TPSA) is 86.8 Å². The van der Waals surface area contributed by atoms with E-state index < -0.39 is 22.0 Å². The van der Waals surface area contributed by atoms with Crippen LogP contribution in [0, 0.1) is 6.92 Å². The SMILES string of the molecule is CCCCNC(=O)C(C)N(Cc1ccccc1C)C(=O)CN(c1ccccc1)S(C)(=O)=O. The molecule has 1 unspecified atom stereocenters. The van der Waals surface area contributed by atoms with E-state index in [1.165, 1.54) is 4.90 Å². The van der Waals surface area contributed by atoms with Gasteiger partial charge in [0.1, 0.15) is 12.6 Å². The fourth-order valence-electron chi connectivity index (χ4n) is 3.30. The van der Waals surface area contributed by atoms with Crippen LogP contribution in [-0.4, -0.2) is 50.5 Å². The van der Waals surface area contributed by atoms with Crippen LogP contribution in [0.1, 0.15) is 37.8 Å². The number of nitrogens with zero attached hydrogens (tertiary/aromatic N) is 2. The fraction of sp³-hybridized carbons (Fsp3) is 0.417. The van der Waals surface area contributed by atoms with Crippen molar-refractivity contribution in [2.75, 3.05) is 23.7 Å². The molecule has 0 aromatic heterocycles. The van der Waals surface area contributed by atoms with Crippen molar-refractivity contribution in [3.8, 4) is 0 Å². The molecule has 8 heteroatoms. The third-order valence-corrected chi connectivity index (χ3v) is 6.46. The number of rotatable bonds is 11. The van der Waals surface area contributed by atoms with Crippen molar-refractivity contribution < 1.29 is 18.0 Å². The number of amides is 2. The maximum atomic E-state index is 13.4. The molecule has 174 valence electrons. The molecule has 7 nitrogen and oxygen atoms in total. The van der Waals surface area contributed by atoms with Crippen LogP contribution >= 0.6 is 0 Å². The minimum Gasteiger partial charge on any atom is -0.354 e. The van der Waals surface area contributed by atoms with Crippen LogP contribution in [0.2, 0.25) is 0 Å². The van der Waals surface area contributed by atoms with E-state index in [-0.39, 0.29) is 19.0 Å². The van der Waals surface area contributed by atoms with Gasteiger partial charge in [0.25, 0.3) is 0 Å². The van der Waals surface area contributed by atoms with Crippen LogP contribution in [0.25, 0.3) is 0 Å². The summed E-state index contributed by atoms with van der Waals surface area (Å²) in [7, 11) is -3.71. The molecule has 0 saturated carbocycles. The lowest BCUT2D eigenvalue weighted by Gasteiger charge is -2.31. The molecule has 2 amide bonds. The van der Waals surface area contributed by atoms with E-state index in [1.54, 1.807) is 37.3 Å². The molecule has 0 aliphatic heterocycles. The fourth-order valence-corrected chi connectivity index (χ4v) is 4.15. The van der Waals surface area contributed by atoms with Crippen molar-refractivity contribution in [1.82, 2.24) is 10.2 Å². The average molecular weight is 460 g/mol. The summed E-state index contributed by atoms with van der Waals surface area (Å²) in [5.41, 5.74) is 2.30. The van der Waals surface area contributed by atoms with Gasteiger partial charge in [-0.3, -0.25) is 13.9 Å². The third kappa shape index (κ3) is 7.09. The van der Waals surface area contributed by atoms with Crippen molar-refractivity contribution in [2.24, 2.45) is 0 Å². The van der Waals surface area contributed by atoms with Crippen LogP contribution in [0.3, 0.4) is 0 Å². The normalized spacial score (nSPS) is 12.1. The number of anilines is 1. The second kappa shape index (κ2) is 11.7. The number of nitrogens with one attached hydrogen (secondary N) is 1. The Morgan fingerprint density at radius 2 is 1.66 bits per heavy atom. The Morgan fingerprint density at radius 3 is 2.25 bits per heavy atom. The highest BCUT2D eigenvalue weighted by Crippen LogP contribution is 2.19. The highest BCUT2D eigenvalue weighted by atomic mass is 32.2. The standard InChI is InChI=1S/C24H33N3O4S/c1-5-6-16-25-24(29)20(3)26(17-21-13-11-10-12-19(21)2)23(28)18-27(32(4,30)31)22-14-8-7-9-15-22/h7-15,20H,5-6,16-18H2,1-4H3,(H,25,29). The predicted octanol–water partition coefficient (Wildman–Crippen LogP) is 3.09. The molecule has 0 radical (unpaired) electrons. The molecular weight excluding hydrogens is 426 g/mol. The second-order valence-corrected chi connectivity index (χ2v) is 9.78. The van der Waals surface area contributed by atoms with E-state index >= 15 is 0 Å². The van der Waals surface area contributed by atoms with Gasteiger partial charge in [0.15, 0.2) is 0 Å². The number of carbonyl (C=O) groups excluding carboxylic acids is 2. The van der Waals surface area contributed by atoms with Gasteiger partial charge in [-0.2, -0.15) is 0 Å². The minimum absolute atomic E-state index is 0.209. The van der Waals surface area contributed by atoms with Crippen LogP contribution in [0.5, 0.6) is 0 Å². The molecule has 2 aromatic rings. The first-order chi connectivity index (χ1) is 15.1. The molecular formula is C24H33N3O4S. The Labute approximate surface area is 191 Å². The Kier molecular flexibility index (Phi) is 9.26. The predicted molar refractivity (Wildman–Crippen MR) is 128 cm³/mol. The lowest BCUT2D eigenvalue weighted by Crippen LogP contribution is -2.51. The molecule has 2 aromatic carbocycles. The summed E-state index contributed by atoms with van der Waals surface area (Å²) in [6.07, 6.45) is 2.86. The first-order valence-corrected chi connectivity index (χ1v) is 12.6. The van der Waals surface area contributed by atoms with Gasteiger partial charge in [0.2, 0.25) is 21.8 Å². The Hall–Kier alpha value is -2.87. The Morgan fingerprint density at radius 1 is 1.03 bits per heavy atom. The van der Waals surface area contributed by atoms with Crippen molar-refractivity contribution in [2.45, 2.75) is 46.2 Å². The molecule has 0 aliphatic rings. The smallest absolute Gasteiger partial charge is 0.244 e. The maximum absolute atomic E-state index is 13.4. The molecule has 0 heterocycles. The summed E-state index contributed by atoms with van der Waals surface area (Å²) < 4.78 is 26.0. The van der Waals surface area contributed by atoms with E-state index in [4.69, 9.17) is 0 Å². The summed E-state index contributed by atoms with van der Waals surface area (Å²) in [5, 5.41) is 2.87. The number of para-hydroxylation sites is 1. The average Bonchev–Trinajstić information content (AvgIpc) is 2.76. The van der Waals surface area contributed by atoms with E-state index in [2.05, 4.69) is 5.32 Å². The summed E-state index contributed by atoms with van der Waals surface area (Å²) in [6, 6.07) is 15.4. The van der Waals surface area contributed by atoms with Gasteiger partial charge in [-0.05, 0) is 43.5 Å². The minimum atomic E-state index is -3.71. The van der Waals surface area contributed by atoms with E-state index in [0.717, 1.165) is 34.5 Å². The van der Waals surface area contributed by atoms with Crippen LogP contribution in [0.4, 0.5) is 5.69 Å². The third-order valence-electron chi connectivity index (χ3n) is 5.32. The molecule has 1 N–H and O–H groups in total.